The van der Waals surface area contributed by atoms with Gasteiger partial charge in [-0.05, 0) is 36.2 Å². The standard InChI is InChI=1S/C21H22F3N5O2S/c1-3-10-29(2)18-11-17(21(22,23)24)27-20(28-18)32-13-15-4-5-16(31-15)19(30)26-12-14-6-8-25-9-7-14/h4-9,11H,3,10,12-13H2,1-2H3,(H,26,30). The summed E-state index contributed by atoms with van der Waals surface area (Å²) in [6, 6.07) is 7.63. The van der Waals surface area contributed by atoms with Crippen LogP contribution in [0.2, 0.25) is 0 Å². The van der Waals surface area contributed by atoms with Crippen molar-refractivity contribution in [3.63, 3.8) is 0 Å². The summed E-state index contributed by atoms with van der Waals surface area (Å²) >= 11 is 1.01. The first-order valence-corrected chi connectivity index (χ1v) is 10.8. The molecule has 0 aliphatic heterocycles. The lowest BCUT2D eigenvalue weighted by Crippen LogP contribution is -2.22. The number of aromatic nitrogens is 3. The van der Waals surface area contributed by atoms with E-state index in [-0.39, 0.29) is 22.5 Å². The first-order chi connectivity index (χ1) is 15.3. The van der Waals surface area contributed by atoms with Gasteiger partial charge in [0, 0.05) is 38.6 Å². The number of amides is 1. The molecule has 3 aromatic rings. The molecular formula is C21H22F3N5O2S. The highest BCUT2D eigenvalue weighted by molar-refractivity contribution is 7.98. The van der Waals surface area contributed by atoms with E-state index < -0.39 is 17.8 Å². The molecule has 0 atom stereocenters. The van der Waals surface area contributed by atoms with Crippen molar-refractivity contribution < 1.29 is 22.4 Å². The van der Waals surface area contributed by atoms with Gasteiger partial charge in [0.1, 0.15) is 11.6 Å². The second-order valence-electron chi connectivity index (χ2n) is 6.91. The van der Waals surface area contributed by atoms with E-state index in [4.69, 9.17) is 4.42 Å². The number of furan rings is 1. The van der Waals surface area contributed by atoms with E-state index in [1.807, 2.05) is 6.92 Å². The van der Waals surface area contributed by atoms with Crippen molar-refractivity contribution in [3.05, 3.63) is 65.5 Å². The van der Waals surface area contributed by atoms with E-state index >= 15 is 0 Å². The summed E-state index contributed by atoms with van der Waals surface area (Å²) in [5.74, 6) is 0.524. The minimum atomic E-state index is -4.58. The smallest absolute Gasteiger partial charge is 0.433 e. The number of halogens is 3. The molecule has 3 rings (SSSR count). The fourth-order valence-electron chi connectivity index (χ4n) is 2.75. The van der Waals surface area contributed by atoms with Crippen LogP contribution in [0.25, 0.3) is 0 Å². The molecule has 170 valence electrons. The number of pyridine rings is 1. The maximum atomic E-state index is 13.3. The molecule has 1 N–H and O–H groups in total. The van der Waals surface area contributed by atoms with Crippen LogP contribution in [0.3, 0.4) is 0 Å². The van der Waals surface area contributed by atoms with Crippen molar-refractivity contribution in [2.24, 2.45) is 0 Å². The van der Waals surface area contributed by atoms with Gasteiger partial charge in [0.05, 0.1) is 5.75 Å². The van der Waals surface area contributed by atoms with Gasteiger partial charge in [-0.1, -0.05) is 18.7 Å². The van der Waals surface area contributed by atoms with Gasteiger partial charge in [-0.2, -0.15) is 13.2 Å². The van der Waals surface area contributed by atoms with E-state index in [1.165, 1.54) is 6.07 Å². The average molecular weight is 466 g/mol. The summed E-state index contributed by atoms with van der Waals surface area (Å²) in [5.41, 5.74) is -0.107. The first kappa shape index (κ1) is 23.6. The van der Waals surface area contributed by atoms with Gasteiger partial charge in [-0.15, -0.1) is 0 Å². The number of hydrogen-bond acceptors (Lipinski definition) is 7. The normalized spacial score (nSPS) is 11.4. The van der Waals surface area contributed by atoms with E-state index in [2.05, 4.69) is 20.3 Å². The fourth-order valence-corrected chi connectivity index (χ4v) is 3.50. The van der Waals surface area contributed by atoms with E-state index in [9.17, 15) is 18.0 Å². The fraction of sp³-hybridized carbons (Fsp3) is 0.333. The van der Waals surface area contributed by atoms with Gasteiger partial charge < -0.3 is 14.6 Å². The van der Waals surface area contributed by atoms with Crippen LogP contribution >= 0.6 is 11.8 Å². The molecule has 0 aliphatic carbocycles. The summed E-state index contributed by atoms with van der Waals surface area (Å²) in [6.45, 7) is 2.81. The second kappa shape index (κ2) is 10.5. The van der Waals surface area contributed by atoms with Crippen molar-refractivity contribution in [2.75, 3.05) is 18.5 Å². The van der Waals surface area contributed by atoms with Crippen molar-refractivity contribution >= 4 is 23.5 Å². The Kier molecular flexibility index (Phi) is 7.73. The zero-order chi connectivity index (χ0) is 23.1. The Morgan fingerprint density at radius 2 is 1.94 bits per heavy atom. The van der Waals surface area contributed by atoms with Crippen molar-refractivity contribution in [1.29, 1.82) is 0 Å². The van der Waals surface area contributed by atoms with Gasteiger partial charge in [-0.3, -0.25) is 9.78 Å². The molecule has 0 saturated heterocycles. The van der Waals surface area contributed by atoms with Crippen molar-refractivity contribution in [3.8, 4) is 0 Å². The Morgan fingerprint density at radius 1 is 1.19 bits per heavy atom. The molecule has 3 heterocycles. The zero-order valence-electron chi connectivity index (χ0n) is 17.5. The maximum absolute atomic E-state index is 13.3. The van der Waals surface area contributed by atoms with Crippen LogP contribution in [-0.4, -0.2) is 34.5 Å². The van der Waals surface area contributed by atoms with E-state index in [0.29, 0.717) is 18.8 Å². The molecule has 0 aliphatic rings. The number of anilines is 1. The molecule has 7 nitrogen and oxygen atoms in total. The number of alkyl halides is 3. The number of nitrogens with one attached hydrogen (secondary N) is 1. The number of hydrogen-bond donors (Lipinski definition) is 1. The Hall–Kier alpha value is -3.08. The minimum absolute atomic E-state index is 0.0159. The topological polar surface area (TPSA) is 84.2 Å². The predicted octanol–water partition coefficient (Wildman–Crippen LogP) is 4.55. The number of rotatable bonds is 9. The largest absolute Gasteiger partial charge is 0.455 e. The molecule has 0 fully saturated rings. The van der Waals surface area contributed by atoms with Gasteiger partial charge in [-0.25, -0.2) is 9.97 Å². The van der Waals surface area contributed by atoms with Crippen LogP contribution in [0.15, 0.2) is 52.3 Å². The second-order valence-corrected chi connectivity index (χ2v) is 7.85. The Morgan fingerprint density at radius 3 is 2.62 bits per heavy atom. The third kappa shape index (κ3) is 6.46. The number of carbonyl (C=O) groups is 1. The van der Waals surface area contributed by atoms with Gasteiger partial charge in [0.2, 0.25) is 0 Å². The first-order valence-electron chi connectivity index (χ1n) is 9.82. The van der Waals surface area contributed by atoms with Crippen LogP contribution in [0.4, 0.5) is 19.0 Å². The maximum Gasteiger partial charge on any atom is 0.433 e. The minimum Gasteiger partial charge on any atom is -0.455 e. The lowest BCUT2D eigenvalue weighted by molar-refractivity contribution is -0.141. The quantitative estimate of drug-likeness (QED) is 0.367. The van der Waals surface area contributed by atoms with Crippen molar-refractivity contribution in [1.82, 2.24) is 20.3 Å². The van der Waals surface area contributed by atoms with Gasteiger partial charge in [0.15, 0.2) is 16.6 Å². The van der Waals surface area contributed by atoms with Crippen molar-refractivity contribution in [2.45, 2.75) is 37.0 Å². The molecule has 0 spiro atoms. The lowest BCUT2D eigenvalue weighted by atomic mass is 10.2. The Labute approximate surface area is 187 Å². The van der Waals surface area contributed by atoms with Crippen LogP contribution in [-0.2, 0) is 18.5 Å². The summed E-state index contributed by atoms with van der Waals surface area (Å²) in [4.78, 5) is 25.7. The van der Waals surface area contributed by atoms with Gasteiger partial charge >= 0.3 is 6.18 Å². The predicted molar refractivity (Wildman–Crippen MR) is 114 cm³/mol. The molecule has 0 unspecified atom stereocenters. The van der Waals surface area contributed by atoms with Crippen LogP contribution in [0.1, 0.15) is 40.9 Å². The van der Waals surface area contributed by atoms with E-state index in [1.54, 1.807) is 42.5 Å². The molecule has 0 saturated carbocycles. The van der Waals surface area contributed by atoms with Crippen LogP contribution in [0.5, 0.6) is 0 Å². The highest BCUT2D eigenvalue weighted by Gasteiger charge is 2.34. The summed E-state index contributed by atoms with van der Waals surface area (Å²) in [7, 11) is 1.68. The number of carbonyl (C=O) groups excluding carboxylic acids is 1. The molecule has 3 aromatic heterocycles. The van der Waals surface area contributed by atoms with Gasteiger partial charge in [0.25, 0.3) is 5.91 Å². The summed E-state index contributed by atoms with van der Waals surface area (Å²) in [5, 5.41) is 2.72. The summed E-state index contributed by atoms with van der Waals surface area (Å²) in [6.07, 6.45) is -0.552. The molecule has 32 heavy (non-hydrogen) atoms. The monoisotopic (exact) mass is 465 g/mol. The van der Waals surface area contributed by atoms with Crippen LogP contribution in [0, 0.1) is 0 Å². The number of thioether (sulfide) groups is 1. The molecule has 0 radical (unpaired) electrons. The molecule has 0 bridgehead atoms. The molecule has 1 amide bonds. The highest BCUT2D eigenvalue weighted by atomic mass is 32.2. The highest BCUT2D eigenvalue weighted by Crippen LogP contribution is 2.32. The third-order valence-electron chi connectivity index (χ3n) is 4.36. The number of nitrogens with zero attached hydrogens (tertiary/aromatic N) is 4. The lowest BCUT2D eigenvalue weighted by Gasteiger charge is -2.19. The SMILES string of the molecule is CCCN(C)c1cc(C(F)(F)F)nc(SCc2ccc(C(=O)NCc3ccncc3)o2)n1. The molecule has 11 heteroatoms. The van der Waals surface area contributed by atoms with Crippen LogP contribution < -0.4 is 10.2 Å². The summed E-state index contributed by atoms with van der Waals surface area (Å²) < 4.78 is 45.3. The third-order valence-corrected chi connectivity index (χ3v) is 5.23. The van der Waals surface area contributed by atoms with E-state index in [0.717, 1.165) is 29.8 Å². The Bertz CT molecular complexity index is 1040. The molecular weight excluding hydrogens is 443 g/mol. The zero-order valence-corrected chi connectivity index (χ0v) is 18.3. The average Bonchev–Trinajstić information content (AvgIpc) is 3.25. The molecule has 0 aromatic carbocycles. The Balaban J connectivity index is 1.65.